The molecule has 0 radical (unpaired) electrons. The average molecular weight is 359 g/mol. The van der Waals surface area contributed by atoms with Gasteiger partial charge >= 0.3 is 0 Å². The summed E-state index contributed by atoms with van der Waals surface area (Å²) in [5.74, 6) is -0.00305. The van der Waals surface area contributed by atoms with Gasteiger partial charge in [0.25, 0.3) is 0 Å². The van der Waals surface area contributed by atoms with Crippen molar-refractivity contribution >= 4 is 39.1 Å². The summed E-state index contributed by atoms with van der Waals surface area (Å²) >= 11 is 4.99. The zero-order valence-corrected chi connectivity index (χ0v) is 13.3. The van der Waals surface area contributed by atoms with Crippen LogP contribution in [0, 0.1) is 0 Å². The van der Waals surface area contributed by atoms with Crippen LogP contribution in [0.4, 0.5) is 0 Å². The third-order valence-electron chi connectivity index (χ3n) is 2.94. The highest BCUT2D eigenvalue weighted by molar-refractivity contribution is 9.10. The summed E-state index contributed by atoms with van der Waals surface area (Å²) in [6, 6.07) is 9.45. The number of rotatable bonds is 4. The summed E-state index contributed by atoms with van der Waals surface area (Å²) in [7, 11) is 0. The minimum Gasteiger partial charge on any atom is -0.306 e. The van der Waals surface area contributed by atoms with Crippen molar-refractivity contribution in [3.8, 4) is 5.69 Å². The monoisotopic (exact) mass is 358 g/mol. The molecule has 3 nitrogen and oxygen atoms in total. The van der Waals surface area contributed by atoms with Gasteiger partial charge in [0, 0.05) is 38.4 Å². The maximum Gasteiger partial charge on any atom is 0.185 e. The lowest BCUT2D eigenvalue weighted by molar-refractivity contribution is 0.104. The van der Waals surface area contributed by atoms with Gasteiger partial charge in [0.15, 0.2) is 5.78 Å². The lowest BCUT2D eigenvalue weighted by atomic mass is 10.1. The highest BCUT2D eigenvalue weighted by Gasteiger charge is 2.03. The molecule has 104 valence electrons. The topological polar surface area (TPSA) is 34.9 Å². The minimum absolute atomic E-state index is 0.00305. The van der Waals surface area contributed by atoms with Crippen LogP contribution >= 0.6 is 27.3 Å². The lowest BCUT2D eigenvalue weighted by Gasteiger charge is -2.02. The summed E-state index contributed by atoms with van der Waals surface area (Å²) in [4.78, 5) is 17.2. The van der Waals surface area contributed by atoms with E-state index in [1.54, 1.807) is 29.9 Å². The van der Waals surface area contributed by atoms with Crippen molar-refractivity contribution in [2.45, 2.75) is 0 Å². The van der Waals surface area contributed by atoms with E-state index in [9.17, 15) is 4.79 Å². The molecule has 0 saturated carbocycles. The van der Waals surface area contributed by atoms with Crippen LogP contribution in [0.15, 0.2) is 65.0 Å². The standard InChI is InChI=1S/C16H11BrN2OS/c17-13-9-15(21-10-13)5-6-16(20)12-1-3-14(4-2-12)19-8-7-18-11-19/h1-11H/b6-5+. The quantitative estimate of drug-likeness (QED) is 0.504. The molecule has 0 fully saturated rings. The van der Waals surface area contributed by atoms with Crippen LogP contribution in [-0.4, -0.2) is 15.3 Å². The fourth-order valence-electron chi connectivity index (χ4n) is 1.88. The van der Waals surface area contributed by atoms with Crippen molar-refractivity contribution in [3.63, 3.8) is 0 Å². The number of hydrogen-bond acceptors (Lipinski definition) is 3. The van der Waals surface area contributed by atoms with Crippen molar-refractivity contribution in [1.29, 1.82) is 0 Å². The van der Waals surface area contributed by atoms with E-state index in [-0.39, 0.29) is 5.78 Å². The molecule has 2 aromatic heterocycles. The molecule has 3 rings (SSSR count). The van der Waals surface area contributed by atoms with Gasteiger partial charge in [0.2, 0.25) is 0 Å². The van der Waals surface area contributed by atoms with E-state index in [0.717, 1.165) is 15.0 Å². The van der Waals surface area contributed by atoms with Gasteiger partial charge in [-0.3, -0.25) is 4.79 Å². The van der Waals surface area contributed by atoms with Crippen molar-refractivity contribution in [2.75, 3.05) is 0 Å². The van der Waals surface area contributed by atoms with E-state index in [1.807, 2.05) is 52.6 Å². The van der Waals surface area contributed by atoms with Crippen LogP contribution in [0.1, 0.15) is 15.2 Å². The van der Waals surface area contributed by atoms with Gasteiger partial charge in [-0.2, -0.15) is 0 Å². The predicted octanol–water partition coefficient (Wildman–Crippen LogP) is 4.59. The second-order valence-electron chi connectivity index (χ2n) is 4.38. The molecule has 0 aliphatic heterocycles. The van der Waals surface area contributed by atoms with Crippen LogP contribution in [0.3, 0.4) is 0 Å². The van der Waals surface area contributed by atoms with E-state index in [2.05, 4.69) is 20.9 Å². The number of benzene rings is 1. The Morgan fingerprint density at radius 2 is 2.10 bits per heavy atom. The van der Waals surface area contributed by atoms with Gasteiger partial charge in [-0.25, -0.2) is 4.98 Å². The van der Waals surface area contributed by atoms with Crippen LogP contribution in [-0.2, 0) is 0 Å². The number of ketones is 1. The number of thiophene rings is 1. The van der Waals surface area contributed by atoms with Gasteiger partial charge in [0.1, 0.15) is 0 Å². The second kappa shape index (κ2) is 6.20. The van der Waals surface area contributed by atoms with Crippen LogP contribution in [0.5, 0.6) is 0 Å². The minimum atomic E-state index is -0.00305. The molecule has 0 unspecified atom stereocenters. The van der Waals surface area contributed by atoms with Crippen molar-refractivity contribution in [1.82, 2.24) is 9.55 Å². The van der Waals surface area contributed by atoms with E-state index in [1.165, 1.54) is 0 Å². The fourth-order valence-corrected chi connectivity index (χ4v) is 3.22. The summed E-state index contributed by atoms with van der Waals surface area (Å²) in [5.41, 5.74) is 1.65. The van der Waals surface area contributed by atoms with E-state index in [4.69, 9.17) is 0 Å². The van der Waals surface area contributed by atoms with Crippen molar-refractivity contribution in [2.24, 2.45) is 0 Å². The molecule has 21 heavy (non-hydrogen) atoms. The Hall–Kier alpha value is -1.98. The third-order valence-corrected chi connectivity index (χ3v) is 4.60. The van der Waals surface area contributed by atoms with Crippen LogP contribution < -0.4 is 0 Å². The molecule has 0 bridgehead atoms. The van der Waals surface area contributed by atoms with Crippen LogP contribution in [0.2, 0.25) is 0 Å². The number of carbonyl (C=O) groups is 1. The molecule has 0 spiro atoms. The Kier molecular flexibility index (Phi) is 4.13. The number of carbonyl (C=O) groups excluding carboxylic acids is 1. The number of allylic oxidation sites excluding steroid dienone is 1. The zero-order valence-electron chi connectivity index (χ0n) is 10.9. The Labute approximate surface area is 134 Å². The first-order valence-electron chi connectivity index (χ1n) is 6.27. The van der Waals surface area contributed by atoms with E-state index >= 15 is 0 Å². The maximum absolute atomic E-state index is 12.1. The summed E-state index contributed by atoms with van der Waals surface area (Å²) < 4.78 is 2.93. The maximum atomic E-state index is 12.1. The number of nitrogens with zero attached hydrogens (tertiary/aromatic N) is 2. The molecule has 0 saturated heterocycles. The fraction of sp³-hybridized carbons (Fsp3) is 0. The Morgan fingerprint density at radius 1 is 1.29 bits per heavy atom. The predicted molar refractivity (Wildman–Crippen MR) is 88.9 cm³/mol. The van der Waals surface area contributed by atoms with E-state index < -0.39 is 0 Å². The highest BCUT2D eigenvalue weighted by atomic mass is 79.9. The molecule has 0 N–H and O–H groups in total. The summed E-state index contributed by atoms with van der Waals surface area (Å²) in [5, 5.41) is 1.99. The first kappa shape index (κ1) is 14.0. The molecule has 2 heterocycles. The second-order valence-corrected chi connectivity index (χ2v) is 6.24. The van der Waals surface area contributed by atoms with Crippen molar-refractivity contribution in [3.05, 3.63) is 75.4 Å². The molecule has 1 aromatic carbocycles. The SMILES string of the molecule is O=C(/C=C/c1cc(Br)cs1)c1ccc(-n2ccnc2)cc1. The average Bonchev–Trinajstić information content (AvgIpc) is 3.16. The third kappa shape index (κ3) is 3.37. The number of imidazole rings is 1. The summed E-state index contributed by atoms with van der Waals surface area (Å²) in [6.45, 7) is 0. The Bertz CT molecular complexity index is 773. The molecule has 0 aliphatic carbocycles. The van der Waals surface area contributed by atoms with Gasteiger partial charge < -0.3 is 4.57 Å². The van der Waals surface area contributed by atoms with E-state index in [0.29, 0.717) is 5.56 Å². The first-order valence-corrected chi connectivity index (χ1v) is 7.94. The Balaban J connectivity index is 1.74. The normalized spacial score (nSPS) is 11.1. The highest BCUT2D eigenvalue weighted by Crippen LogP contribution is 2.21. The van der Waals surface area contributed by atoms with Gasteiger partial charge in [-0.05, 0) is 58.4 Å². The molecule has 0 atom stereocenters. The lowest BCUT2D eigenvalue weighted by Crippen LogP contribution is -1.95. The molecule has 3 aromatic rings. The Morgan fingerprint density at radius 3 is 2.71 bits per heavy atom. The van der Waals surface area contributed by atoms with Gasteiger partial charge in [-0.1, -0.05) is 0 Å². The molecular weight excluding hydrogens is 348 g/mol. The summed E-state index contributed by atoms with van der Waals surface area (Å²) in [6.07, 6.45) is 8.75. The molecule has 0 aliphatic rings. The first-order chi connectivity index (χ1) is 10.2. The number of aromatic nitrogens is 2. The molecular formula is C16H11BrN2OS. The van der Waals surface area contributed by atoms with Gasteiger partial charge in [0.05, 0.1) is 6.33 Å². The largest absolute Gasteiger partial charge is 0.306 e. The number of halogens is 1. The molecule has 0 amide bonds. The number of hydrogen-bond donors (Lipinski definition) is 0. The van der Waals surface area contributed by atoms with Gasteiger partial charge in [-0.15, -0.1) is 11.3 Å². The zero-order chi connectivity index (χ0) is 14.7. The van der Waals surface area contributed by atoms with Crippen LogP contribution in [0.25, 0.3) is 11.8 Å². The smallest absolute Gasteiger partial charge is 0.185 e. The van der Waals surface area contributed by atoms with Crippen molar-refractivity contribution < 1.29 is 4.79 Å². The molecule has 5 heteroatoms.